The van der Waals surface area contributed by atoms with Gasteiger partial charge in [-0.1, -0.05) is 33.9 Å². The van der Waals surface area contributed by atoms with Gasteiger partial charge in [0.15, 0.2) is 0 Å². The molecule has 2 nitrogen and oxygen atoms in total. The molecule has 0 aliphatic rings. The van der Waals surface area contributed by atoms with Crippen LogP contribution in [0.4, 0.5) is 0 Å². The van der Waals surface area contributed by atoms with Gasteiger partial charge in [0.2, 0.25) is 0 Å². The van der Waals surface area contributed by atoms with E-state index in [1.807, 2.05) is 0 Å². The van der Waals surface area contributed by atoms with E-state index in [-0.39, 0.29) is 11.5 Å². The Bertz CT molecular complexity index is 209. The minimum atomic E-state index is 0.222. The molecule has 0 aromatic rings. The summed E-state index contributed by atoms with van der Waals surface area (Å²) in [5.41, 5.74) is 0.256. The van der Waals surface area contributed by atoms with Crippen molar-refractivity contribution >= 4 is 0 Å². The fourth-order valence-electron chi connectivity index (χ4n) is 2.31. The van der Waals surface area contributed by atoms with Gasteiger partial charge in [-0.3, -0.25) is 0 Å². The first-order chi connectivity index (χ1) is 7.41. The van der Waals surface area contributed by atoms with E-state index in [1.165, 1.54) is 12.5 Å². The molecule has 0 aromatic heterocycles. The predicted octanol–water partition coefficient (Wildman–Crippen LogP) is 4.14. The summed E-state index contributed by atoms with van der Waals surface area (Å²) in [5, 5.41) is 0. The molecule has 16 heavy (non-hydrogen) atoms. The average molecular weight is 226 g/mol. The Hall–Kier alpha value is -0.920. The Kier molecular flexibility index (Phi) is 6.95. The normalized spacial score (nSPS) is 15.0. The van der Waals surface area contributed by atoms with Crippen LogP contribution in [0.25, 0.3) is 0 Å². The Morgan fingerprint density at radius 2 is 1.75 bits per heavy atom. The van der Waals surface area contributed by atoms with Crippen molar-refractivity contribution in [3.05, 3.63) is 25.7 Å². The van der Waals surface area contributed by atoms with Crippen LogP contribution in [-0.4, -0.2) is 12.7 Å². The van der Waals surface area contributed by atoms with Gasteiger partial charge in [-0.2, -0.15) is 0 Å². The SMILES string of the molecule is C=COCC(C)CC(C)(C)CC(C)OC=C. The molecule has 0 N–H and O–H groups in total. The first-order valence-electron chi connectivity index (χ1n) is 5.90. The highest BCUT2D eigenvalue weighted by Gasteiger charge is 2.24. The van der Waals surface area contributed by atoms with Crippen molar-refractivity contribution in [2.45, 2.75) is 46.6 Å². The highest BCUT2D eigenvalue weighted by molar-refractivity contribution is 4.75. The van der Waals surface area contributed by atoms with Gasteiger partial charge in [-0.15, -0.1) is 0 Å². The zero-order valence-corrected chi connectivity index (χ0v) is 11.2. The first kappa shape index (κ1) is 15.1. The van der Waals surface area contributed by atoms with Crippen molar-refractivity contribution in [3.63, 3.8) is 0 Å². The Labute approximate surface area is 100 Å². The molecule has 0 aliphatic carbocycles. The Balaban J connectivity index is 4.01. The molecular formula is C14H26O2. The van der Waals surface area contributed by atoms with Crippen LogP contribution < -0.4 is 0 Å². The van der Waals surface area contributed by atoms with E-state index in [0.29, 0.717) is 5.92 Å². The topological polar surface area (TPSA) is 18.5 Å². The van der Waals surface area contributed by atoms with Gasteiger partial charge in [0.05, 0.1) is 25.2 Å². The maximum absolute atomic E-state index is 5.36. The van der Waals surface area contributed by atoms with Gasteiger partial charge in [0.25, 0.3) is 0 Å². The van der Waals surface area contributed by atoms with Crippen LogP contribution in [0.2, 0.25) is 0 Å². The maximum atomic E-state index is 5.36. The van der Waals surface area contributed by atoms with Crippen molar-refractivity contribution in [1.29, 1.82) is 0 Å². The van der Waals surface area contributed by atoms with Crippen molar-refractivity contribution in [3.8, 4) is 0 Å². The summed E-state index contributed by atoms with van der Waals surface area (Å²) in [7, 11) is 0. The number of ether oxygens (including phenoxy) is 2. The molecule has 0 saturated carbocycles. The minimum absolute atomic E-state index is 0.222. The molecule has 0 radical (unpaired) electrons. The summed E-state index contributed by atoms with van der Waals surface area (Å²) in [5.74, 6) is 0.531. The molecule has 0 rings (SSSR count). The van der Waals surface area contributed by atoms with E-state index in [9.17, 15) is 0 Å². The largest absolute Gasteiger partial charge is 0.502 e. The molecule has 0 saturated heterocycles. The summed E-state index contributed by atoms with van der Waals surface area (Å²) in [6.45, 7) is 16.7. The number of hydrogen-bond donors (Lipinski definition) is 0. The second-order valence-corrected chi connectivity index (χ2v) is 5.29. The molecule has 94 valence electrons. The van der Waals surface area contributed by atoms with Gasteiger partial charge < -0.3 is 9.47 Å². The molecule has 0 aliphatic heterocycles. The smallest absolute Gasteiger partial charge is 0.0955 e. The fourth-order valence-corrected chi connectivity index (χ4v) is 2.31. The van der Waals surface area contributed by atoms with Crippen molar-refractivity contribution in [1.82, 2.24) is 0 Å². The minimum Gasteiger partial charge on any atom is -0.502 e. The molecule has 0 fully saturated rings. The van der Waals surface area contributed by atoms with Crippen LogP contribution in [-0.2, 0) is 9.47 Å². The molecule has 0 bridgehead atoms. The van der Waals surface area contributed by atoms with Gasteiger partial charge in [-0.25, -0.2) is 0 Å². The van der Waals surface area contributed by atoms with Crippen LogP contribution >= 0.6 is 0 Å². The van der Waals surface area contributed by atoms with Gasteiger partial charge in [0, 0.05) is 0 Å². The molecule has 0 amide bonds. The summed E-state index contributed by atoms with van der Waals surface area (Å²) in [4.78, 5) is 0. The van der Waals surface area contributed by atoms with Crippen LogP contribution in [0, 0.1) is 11.3 Å². The number of rotatable bonds is 9. The van der Waals surface area contributed by atoms with Crippen molar-refractivity contribution in [2.75, 3.05) is 6.61 Å². The zero-order valence-electron chi connectivity index (χ0n) is 11.2. The van der Waals surface area contributed by atoms with E-state index in [2.05, 4.69) is 40.9 Å². The van der Waals surface area contributed by atoms with Crippen LogP contribution in [0.15, 0.2) is 25.7 Å². The second kappa shape index (κ2) is 7.37. The second-order valence-electron chi connectivity index (χ2n) is 5.29. The quantitative estimate of drug-likeness (QED) is 0.550. The fraction of sp³-hybridized carbons (Fsp3) is 0.714. The highest BCUT2D eigenvalue weighted by atomic mass is 16.5. The Morgan fingerprint density at radius 1 is 1.12 bits per heavy atom. The van der Waals surface area contributed by atoms with Gasteiger partial charge in [-0.05, 0) is 31.1 Å². The lowest BCUT2D eigenvalue weighted by Gasteiger charge is -2.30. The van der Waals surface area contributed by atoms with Gasteiger partial charge in [0.1, 0.15) is 0 Å². The van der Waals surface area contributed by atoms with E-state index in [4.69, 9.17) is 9.47 Å². The molecule has 0 heterocycles. The van der Waals surface area contributed by atoms with Crippen LogP contribution in [0.5, 0.6) is 0 Å². The van der Waals surface area contributed by atoms with E-state index >= 15 is 0 Å². The number of hydrogen-bond acceptors (Lipinski definition) is 2. The van der Waals surface area contributed by atoms with Crippen molar-refractivity contribution in [2.24, 2.45) is 11.3 Å². The monoisotopic (exact) mass is 226 g/mol. The zero-order chi connectivity index (χ0) is 12.6. The lowest BCUT2D eigenvalue weighted by atomic mass is 9.79. The van der Waals surface area contributed by atoms with E-state index in [1.54, 1.807) is 0 Å². The van der Waals surface area contributed by atoms with E-state index in [0.717, 1.165) is 19.4 Å². The lowest BCUT2D eigenvalue weighted by molar-refractivity contribution is 0.0866. The van der Waals surface area contributed by atoms with Crippen molar-refractivity contribution < 1.29 is 9.47 Å². The highest BCUT2D eigenvalue weighted by Crippen LogP contribution is 2.31. The molecule has 0 spiro atoms. The standard InChI is InChI=1S/C14H26O2/c1-7-15-11-12(3)9-14(5,6)10-13(4)16-8-2/h7-8,12-13H,1-2,9-11H2,3-6H3. The third kappa shape index (κ3) is 7.38. The third-order valence-electron chi connectivity index (χ3n) is 2.57. The summed E-state index contributed by atoms with van der Waals surface area (Å²) in [6.07, 6.45) is 5.39. The summed E-state index contributed by atoms with van der Waals surface area (Å²) < 4.78 is 10.6. The summed E-state index contributed by atoms with van der Waals surface area (Å²) in [6, 6.07) is 0. The Morgan fingerprint density at radius 3 is 2.25 bits per heavy atom. The lowest BCUT2D eigenvalue weighted by Crippen LogP contribution is -2.23. The molecule has 2 heteroatoms. The maximum Gasteiger partial charge on any atom is 0.0955 e. The molecule has 0 aromatic carbocycles. The predicted molar refractivity (Wildman–Crippen MR) is 69.1 cm³/mol. The van der Waals surface area contributed by atoms with Gasteiger partial charge >= 0.3 is 0 Å². The third-order valence-corrected chi connectivity index (χ3v) is 2.57. The molecule has 2 unspecified atom stereocenters. The van der Waals surface area contributed by atoms with Crippen LogP contribution in [0.3, 0.4) is 0 Å². The average Bonchev–Trinajstić information content (AvgIpc) is 2.13. The summed E-state index contributed by atoms with van der Waals surface area (Å²) >= 11 is 0. The molecular weight excluding hydrogens is 200 g/mol. The first-order valence-corrected chi connectivity index (χ1v) is 5.90. The van der Waals surface area contributed by atoms with Crippen LogP contribution in [0.1, 0.15) is 40.5 Å². The van der Waals surface area contributed by atoms with E-state index < -0.39 is 0 Å². The molecule has 2 atom stereocenters.